The second-order valence-electron chi connectivity index (χ2n) is 5.10. The first-order valence-corrected chi connectivity index (χ1v) is 7.77. The number of hydrogen-bond acceptors (Lipinski definition) is 2. The molecule has 0 spiro atoms. The van der Waals surface area contributed by atoms with Crippen LogP contribution in [0.25, 0.3) is 0 Å². The molecule has 1 aliphatic rings. The van der Waals surface area contributed by atoms with Gasteiger partial charge in [0, 0.05) is 10.5 Å². The number of hydrogen-bond donors (Lipinski definition) is 1. The highest BCUT2D eigenvalue weighted by Gasteiger charge is 2.11. The summed E-state index contributed by atoms with van der Waals surface area (Å²) in [5.41, 5.74) is 1.35. The lowest BCUT2D eigenvalue weighted by molar-refractivity contribution is 0.328. The number of likely N-dealkylation sites (tertiary alicyclic amines) is 1. The Morgan fingerprint density at radius 2 is 2.00 bits per heavy atom. The van der Waals surface area contributed by atoms with E-state index in [4.69, 9.17) is 0 Å². The Morgan fingerprint density at radius 3 is 2.72 bits per heavy atom. The predicted molar refractivity (Wildman–Crippen MR) is 80.9 cm³/mol. The Balaban J connectivity index is 1.68. The van der Waals surface area contributed by atoms with E-state index in [2.05, 4.69) is 57.3 Å². The molecule has 1 saturated heterocycles. The molecule has 1 fully saturated rings. The van der Waals surface area contributed by atoms with Crippen molar-refractivity contribution in [2.24, 2.45) is 0 Å². The van der Waals surface area contributed by atoms with Crippen molar-refractivity contribution in [2.75, 3.05) is 26.2 Å². The summed E-state index contributed by atoms with van der Waals surface area (Å²) in [5, 5.41) is 3.61. The van der Waals surface area contributed by atoms with E-state index in [9.17, 15) is 0 Å². The molecule has 1 N–H and O–H groups in total. The Kier molecular flexibility index (Phi) is 5.67. The zero-order valence-corrected chi connectivity index (χ0v) is 12.7. The van der Waals surface area contributed by atoms with Crippen LogP contribution in [0, 0.1) is 0 Å². The van der Waals surface area contributed by atoms with Gasteiger partial charge in [-0.15, -0.1) is 0 Å². The molecule has 1 unspecified atom stereocenters. The van der Waals surface area contributed by atoms with Crippen LogP contribution < -0.4 is 5.32 Å². The molecular formula is C15H23BrN2. The van der Waals surface area contributed by atoms with E-state index in [0.717, 1.165) is 6.54 Å². The third-order valence-electron chi connectivity index (χ3n) is 3.67. The van der Waals surface area contributed by atoms with E-state index in [1.165, 1.54) is 48.9 Å². The van der Waals surface area contributed by atoms with Gasteiger partial charge < -0.3 is 10.2 Å². The zero-order valence-electron chi connectivity index (χ0n) is 11.2. The molecule has 0 aromatic heterocycles. The molecule has 3 heteroatoms. The van der Waals surface area contributed by atoms with Gasteiger partial charge in [-0.25, -0.2) is 0 Å². The van der Waals surface area contributed by atoms with Crippen molar-refractivity contribution in [3.8, 4) is 0 Å². The van der Waals surface area contributed by atoms with Crippen LogP contribution >= 0.6 is 15.9 Å². The van der Waals surface area contributed by atoms with Gasteiger partial charge in [0.15, 0.2) is 0 Å². The fourth-order valence-electron chi connectivity index (χ4n) is 2.56. The Morgan fingerprint density at radius 1 is 1.28 bits per heavy atom. The Hall–Kier alpha value is -0.380. The zero-order chi connectivity index (χ0) is 12.8. The number of rotatable bonds is 6. The van der Waals surface area contributed by atoms with Crippen molar-refractivity contribution in [1.82, 2.24) is 10.2 Å². The van der Waals surface area contributed by atoms with Gasteiger partial charge in [-0.05, 0) is 64.0 Å². The smallest absolute Gasteiger partial charge is 0.0302 e. The first-order chi connectivity index (χ1) is 8.77. The summed E-state index contributed by atoms with van der Waals surface area (Å²) in [5.74, 6) is 0. The Labute approximate surface area is 119 Å². The highest BCUT2D eigenvalue weighted by molar-refractivity contribution is 9.10. The van der Waals surface area contributed by atoms with Gasteiger partial charge in [0.2, 0.25) is 0 Å². The third kappa shape index (κ3) is 4.08. The highest BCUT2D eigenvalue weighted by atomic mass is 79.9. The fraction of sp³-hybridized carbons (Fsp3) is 0.600. The van der Waals surface area contributed by atoms with Gasteiger partial charge in [-0.1, -0.05) is 34.1 Å². The minimum atomic E-state index is 0.416. The van der Waals surface area contributed by atoms with E-state index in [1.54, 1.807) is 0 Å². The van der Waals surface area contributed by atoms with Gasteiger partial charge in [-0.3, -0.25) is 0 Å². The summed E-state index contributed by atoms with van der Waals surface area (Å²) in [6, 6.07) is 8.87. The van der Waals surface area contributed by atoms with E-state index in [1.807, 2.05) is 0 Å². The quantitative estimate of drug-likeness (QED) is 0.808. The molecule has 0 radical (unpaired) electrons. The molecule has 1 atom stereocenters. The summed E-state index contributed by atoms with van der Waals surface area (Å²) in [4.78, 5) is 2.57. The lowest BCUT2D eigenvalue weighted by atomic mass is 10.1. The topological polar surface area (TPSA) is 15.3 Å². The standard InChI is InChI=1S/C15H23BrN2/c1-13(14-7-2-3-8-15(14)16)17-9-6-12-18-10-4-5-11-18/h2-3,7-8,13,17H,4-6,9-12H2,1H3. The fourth-order valence-corrected chi connectivity index (χ4v) is 3.19. The lowest BCUT2D eigenvalue weighted by Gasteiger charge is -2.18. The van der Waals surface area contributed by atoms with Crippen molar-refractivity contribution in [3.05, 3.63) is 34.3 Å². The van der Waals surface area contributed by atoms with Crippen LogP contribution in [-0.2, 0) is 0 Å². The summed E-state index contributed by atoms with van der Waals surface area (Å²) < 4.78 is 1.20. The molecule has 0 aliphatic carbocycles. The first-order valence-electron chi connectivity index (χ1n) is 6.97. The molecular weight excluding hydrogens is 288 g/mol. The minimum Gasteiger partial charge on any atom is -0.310 e. The maximum Gasteiger partial charge on any atom is 0.0302 e. The van der Waals surface area contributed by atoms with Crippen LogP contribution in [0.3, 0.4) is 0 Å². The molecule has 0 saturated carbocycles. The van der Waals surface area contributed by atoms with Crippen LogP contribution in [-0.4, -0.2) is 31.1 Å². The van der Waals surface area contributed by atoms with Crippen molar-refractivity contribution < 1.29 is 0 Å². The number of benzene rings is 1. The van der Waals surface area contributed by atoms with Gasteiger partial charge in [0.1, 0.15) is 0 Å². The minimum absolute atomic E-state index is 0.416. The average molecular weight is 311 g/mol. The molecule has 0 bridgehead atoms. The number of halogens is 1. The maximum atomic E-state index is 3.61. The summed E-state index contributed by atoms with van der Waals surface area (Å²) in [6.07, 6.45) is 4.02. The second kappa shape index (κ2) is 7.27. The first kappa shape index (κ1) is 14.0. The van der Waals surface area contributed by atoms with Gasteiger partial charge >= 0.3 is 0 Å². The molecule has 1 aromatic carbocycles. The van der Waals surface area contributed by atoms with Crippen molar-refractivity contribution in [3.63, 3.8) is 0 Å². The average Bonchev–Trinajstić information content (AvgIpc) is 2.88. The monoisotopic (exact) mass is 310 g/mol. The van der Waals surface area contributed by atoms with Crippen molar-refractivity contribution in [2.45, 2.75) is 32.2 Å². The largest absolute Gasteiger partial charge is 0.310 e. The normalized spacial score (nSPS) is 18.1. The molecule has 1 heterocycles. The lowest BCUT2D eigenvalue weighted by Crippen LogP contribution is -2.26. The van der Waals surface area contributed by atoms with Crippen molar-refractivity contribution in [1.29, 1.82) is 0 Å². The molecule has 2 rings (SSSR count). The predicted octanol–water partition coefficient (Wildman–Crippen LogP) is 3.59. The second-order valence-corrected chi connectivity index (χ2v) is 5.95. The number of nitrogens with zero attached hydrogens (tertiary/aromatic N) is 1. The SMILES string of the molecule is CC(NCCCN1CCCC1)c1ccccc1Br. The maximum absolute atomic E-state index is 3.61. The van der Waals surface area contributed by atoms with Crippen LogP contribution in [0.4, 0.5) is 0 Å². The third-order valence-corrected chi connectivity index (χ3v) is 4.39. The van der Waals surface area contributed by atoms with Crippen LogP contribution in [0.2, 0.25) is 0 Å². The summed E-state index contributed by atoms with van der Waals surface area (Å²) in [6.45, 7) is 7.18. The van der Waals surface area contributed by atoms with Crippen LogP contribution in [0.15, 0.2) is 28.7 Å². The van der Waals surface area contributed by atoms with E-state index in [-0.39, 0.29) is 0 Å². The molecule has 0 amide bonds. The van der Waals surface area contributed by atoms with Crippen LogP contribution in [0.1, 0.15) is 37.8 Å². The summed E-state index contributed by atoms with van der Waals surface area (Å²) in [7, 11) is 0. The van der Waals surface area contributed by atoms with Crippen molar-refractivity contribution >= 4 is 15.9 Å². The number of nitrogens with one attached hydrogen (secondary N) is 1. The molecule has 2 nitrogen and oxygen atoms in total. The molecule has 1 aliphatic heterocycles. The van der Waals surface area contributed by atoms with E-state index in [0.29, 0.717) is 6.04 Å². The molecule has 100 valence electrons. The molecule has 1 aromatic rings. The van der Waals surface area contributed by atoms with Gasteiger partial charge in [-0.2, -0.15) is 0 Å². The summed E-state index contributed by atoms with van der Waals surface area (Å²) >= 11 is 3.61. The highest BCUT2D eigenvalue weighted by Crippen LogP contribution is 2.22. The van der Waals surface area contributed by atoms with Gasteiger partial charge in [0.25, 0.3) is 0 Å². The van der Waals surface area contributed by atoms with Crippen LogP contribution in [0.5, 0.6) is 0 Å². The van der Waals surface area contributed by atoms with E-state index < -0.39 is 0 Å². The molecule has 18 heavy (non-hydrogen) atoms. The van der Waals surface area contributed by atoms with E-state index >= 15 is 0 Å². The van der Waals surface area contributed by atoms with Gasteiger partial charge in [0.05, 0.1) is 0 Å². The Bertz CT molecular complexity index is 361.